The highest BCUT2D eigenvalue weighted by Crippen LogP contribution is 2.40. The summed E-state index contributed by atoms with van der Waals surface area (Å²) in [6, 6.07) is 10.3. The van der Waals surface area contributed by atoms with Crippen LogP contribution >= 0.6 is 11.3 Å². The molecule has 2 heterocycles. The maximum absolute atomic E-state index is 12.7. The molecule has 7 heteroatoms. The Morgan fingerprint density at radius 1 is 1.21 bits per heavy atom. The fourth-order valence-corrected chi connectivity index (χ4v) is 3.97. The second kappa shape index (κ2) is 8.48. The maximum atomic E-state index is 12.7. The highest BCUT2D eigenvalue weighted by Gasteiger charge is 2.44. The van der Waals surface area contributed by atoms with Crippen molar-refractivity contribution in [2.24, 2.45) is 5.92 Å². The lowest BCUT2D eigenvalue weighted by Crippen LogP contribution is -2.34. The van der Waals surface area contributed by atoms with Gasteiger partial charge in [-0.3, -0.25) is 9.59 Å². The number of hydrogen-bond donors (Lipinski definition) is 1. The molecule has 0 bridgehead atoms. The van der Waals surface area contributed by atoms with Crippen LogP contribution < -0.4 is 9.47 Å². The minimum atomic E-state index is -0.582. The number of ether oxygens (including phenoxy) is 2. The molecule has 2 aromatic rings. The summed E-state index contributed by atoms with van der Waals surface area (Å²) >= 11 is 1.45. The van der Waals surface area contributed by atoms with Crippen molar-refractivity contribution in [2.75, 3.05) is 20.3 Å². The third kappa shape index (κ3) is 3.89. The molecule has 1 atom stereocenters. The molecule has 0 fully saturated rings. The van der Waals surface area contributed by atoms with Crippen molar-refractivity contribution in [3.63, 3.8) is 0 Å². The number of Topliss-reactive ketones (excluding diaryl/α,β-unsaturated/α-hetero) is 1. The highest BCUT2D eigenvalue weighted by atomic mass is 32.1. The van der Waals surface area contributed by atoms with Crippen LogP contribution in [0.3, 0.4) is 0 Å². The molecule has 1 unspecified atom stereocenters. The van der Waals surface area contributed by atoms with Gasteiger partial charge >= 0.3 is 0 Å². The Morgan fingerprint density at radius 2 is 1.89 bits per heavy atom. The second-order valence-electron chi connectivity index (χ2n) is 6.72. The number of thiophene rings is 1. The van der Waals surface area contributed by atoms with E-state index in [0.717, 1.165) is 10.6 Å². The molecule has 148 valence electrons. The zero-order valence-electron chi connectivity index (χ0n) is 16.0. The molecular weight excluding hydrogens is 378 g/mol. The summed E-state index contributed by atoms with van der Waals surface area (Å²) in [7, 11) is 1.59. The van der Waals surface area contributed by atoms with Crippen LogP contribution in [-0.4, -0.2) is 42.0 Å². The normalized spacial score (nSPS) is 16.8. The largest absolute Gasteiger partial charge is 0.503 e. The van der Waals surface area contributed by atoms with Gasteiger partial charge < -0.3 is 19.5 Å². The van der Waals surface area contributed by atoms with E-state index in [1.54, 1.807) is 45.2 Å². The van der Waals surface area contributed by atoms with E-state index in [9.17, 15) is 14.7 Å². The average molecular weight is 401 g/mol. The third-order valence-electron chi connectivity index (χ3n) is 4.57. The standard InChI is InChI=1S/C21H23NO5S/c1-13(2)19(23)17-18(16-5-4-12-28-16)22(21(25)20(17)24)10-11-27-15-8-6-14(26-3)7-9-15/h4-9,12-13,18,24H,10-11H2,1-3H3. The molecule has 0 radical (unpaired) electrons. The molecule has 1 aliphatic heterocycles. The lowest BCUT2D eigenvalue weighted by Gasteiger charge is -2.26. The molecule has 0 saturated carbocycles. The Kier molecular flexibility index (Phi) is 6.04. The first-order chi connectivity index (χ1) is 13.4. The van der Waals surface area contributed by atoms with Crippen LogP contribution in [-0.2, 0) is 9.59 Å². The van der Waals surface area contributed by atoms with Gasteiger partial charge in [-0.05, 0) is 35.7 Å². The van der Waals surface area contributed by atoms with Crippen molar-refractivity contribution in [2.45, 2.75) is 19.9 Å². The SMILES string of the molecule is COc1ccc(OCCN2C(=O)C(O)=C(C(=O)C(C)C)C2c2cccs2)cc1. The number of amides is 1. The number of hydrogen-bond acceptors (Lipinski definition) is 6. The Hall–Kier alpha value is -2.80. The van der Waals surface area contributed by atoms with Gasteiger partial charge in [-0.2, -0.15) is 0 Å². The molecule has 1 N–H and O–H groups in total. The van der Waals surface area contributed by atoms with Crippen LogP contribution in [0.2, 0.25) is 0 Å². The number of carbonyl (C=O) groups excluding carboxylic acids is 2. The van der Waals surface area contributed by atoms with Crippen molar-refractivity contribution in [3.05, 3.63) is 58.0 Å². The topological polar surface area (TPSA) is 76.1 Å². The molecule has 1 amide bonds. The quantitative estimate of drug-likeness (QED) is 0.729. The first kappa shape index (κ1) is 19.9. The fourth-order valence-electron chi connectivity index (χ4n) is 3.12. The molecule has 0 saturated heterocycles. The number of benzene rings is 1. The number of carbonyl (C=O) groups is 2. The van der Waals surface area contributed by atoms with Gasteiger partial charge in [0.05, 0.1) is 25.3 Å². The molecule has 1 aliphatic rings. The van der Waals surface area contributed by atoms with Gasteiger partial charge in [0.1, 0.15) is 18.1 Å². The van der Waals surface area contributed by atoms with Crippen molar-refractivity contribution in [1.82, 2.24) is 4.90 Å². The zero-order chi connectivity index (χ0) is 20.3. The average Bonchev–Trinajstić information content (AvgIpc) is 3.30. The molecule has 0 aliphatic carbocycles. The Labute approximate surface area is 168 Å². The number of aliphatic hydroxyl groups excluding tert-OH is 1. The summed E-state index contributed by atoms with van der Waals surface area (Å²) in [6.45, 7) is 3.99. The number of aliphatic hydroxyl groups is 1. The van der Waals surface area contributed by atoms with Crippen LogP contribution in [0.25, 0.3) is 0 Å². The molecule has 28 heavy (non-hydrogen) atoms. The molecular formula is C21H23NO5S. The minimum absolute atomic E-state index is 0.173. The van der Waals surface area contributed by atoms with Crippen LogP contribution in [0.1, 0.15) is 24.8 Å². The van der Waals surface area contributed by atoms with Gasteiger partial charge in [-0.25, -0.2) is 0 Å². The Bertz CT molecular complexity index is 871. The monoisotopic (exact) mass is 401 g/mol. The van der Waals surface area contributed by atoms with E-state index >= 15 is 0 Å². The first-order valence-electron chi connectivity index (χ1n) is 9.02. The number of methoxy groups -OCH3 is 1. The van der Waals surface area contributed by atoms with E-state index < -0.39 is 17.7 Å². The summed E-state index contributed by atoms with van der Waals surface area (Å²) in [4.78, 5) is 27.7. The Morgan fingerprint density at radius 3 is 2.46 bits per heavy atom. The van der Waals surface area contributed by atoms with Gasteiger partial charge in [0.25, 0.3) is 5.91 Å². The van der Waals surface area contributed by atoms with Crippen molar-refractivity contribution in [3.8, 4) is 11.5 Å². The van der Waals surface area contributed by atoms with E-state index in [1.165, 1.54) is 16.2 Å². The molecule has 1 aromatic heterocycles. The number of ketones is 1. The van der Waals surface area contributed by atoms with Gasteiger partial charge in [0.15, 0.2) is 11.5 Å². The lowest BCUT2D eigenvalue weighted by molar-refractivity contribution is -0.129. The van der Waals surface area contributed by atoms with Gasteiger partial charge in [-0.15, -0.1) is 11.3 Å². The molecule has 0 spiro atoms. The van der Waals surface area contributed by atoms with Gasteiger partial charge in [0.2, 0.25) is 0 Å². The first-order valence-corrected chi connectivity index (χ1v) is 9.90. The van der Waals surface area contributed by atoms with Crippen LogP contribution in [0.5, 0.6) is 11.5 Å². The smallest absolute Gasteiger partial charge is 0.290 e. The van der Waals surface area contributed by atoms with Crippen LogP contribution in [0, 0.1) is 5.92 Å². The van der Waals surface area contributed by atoms with E-state index in [2.05, 4.69) is 0 Å². The maximum Gasteiger partial charge on any atom is 0.290 e. The molecule has 1 aromatic carbocycles. The lowest BCUT2D eigenvalue weighted by atomic mass is 9.95. The highest BCUT2D eigenvalue weighted by molar-refractivity contribution is 7.10. The Balaban J connectivity index is 1.77. The minimum Gasteiger partial charge on any atom is -0.503 e. The van der Waals surface area contributed by atoms with Crippen molar-refractivity contribution >= 4 is 23.0 Å². The summed E-state index contributed by atoms with van der Waals surface area (Å²) < 4.78 is 10.8. The van der Waals surface area contributed by atoms with E-state index in [-0.39, 0.29) is 30.4 Å². The van der Waals surface area contributed by atoms with Gasteiger partial charge in [0, 0.05) is 10.8 Å². The molecule has 3 rings (SSSR count). The summed E-state index contributed by atoms with van der Waals surface area (Å²) in [5.41, 5.74) is 0.173. The van der Waals surface area contributed by atoms with Crippen LogP contribution in [0.15, 0.2) is 53.1 Å². The summed E-state index contributed by atoms with van der Waals surface area (Å²) in [5.74, 6) is -0.158. The third-order valence-corrected chi connectivity index (χ3v) is 5.49. The van der Waals surface area contributed by atoms with E-state index in [4.69, 9.17) is 9.47 Å². The summed E-state index contributed by atoms with van der Waals surface area (Å²) in [5, 5.41) is 12.3. The second-order valence-corrected chi connectivity index (χ2v) is 7.70. The summed E-state index contributed by atoms with van der Waals surface area (Å²) in [6.07, 6.45) is 0. The molecule has 6 nitrogen and oxygen atoms in total. The van der Waals surface area contributed by atoms with Gasteiger partial charge in [-0.1, -0.05) is 19.9 Å². The van der Waals surface area contributed by atoms with Crippen LogP contribution in [0.4, 0.5) is 0 Å². The number of rotatable bonds is 8. The fraction of sp³-hybridized carbons (Fsp3) is 0.333. The predicted octanol–water partition coefficient (Wildman–Crippen LogP) is 3.76. The van der Waals surface area contributed by atoms with Crippen molar-refractivity contribution in [1.29, 1.82) is 0 Å². The van der Waals surface area contributed by atoms with E-state index in [1.807, 2.05) is 17.5 Å². The zero-order valence-corrected chi connectivity index (χ0v) is 16.9. The number of nitrogens with zero attached hydrogens (tertiary/aromatic N) is 1. The predicted molar refractivity (Wildman–Crippen MR) is 107 cm³/mol. The van der Waals surface area contributed by atoms with Crippen molar-refractivity contribution < 1.29 is 24.2 Å². The van der Waals surface area contributed by atoms with E-state index in [0.29, 0.717) is 5.75 Å².